The number of anilines is 2. The highest BCUT2D eigenvalue weighted by molar-refractivity contribution is 5.92. The fourth-order valence-corrected chi connectivity index (χ4v) is 1.10. The lowest BCUT2D eigenvalue weighted by Crippen LogP contribution is -2.17. The van der Waals surface area contributed by atoms with Gasteiger partial charge in [-0.25, -0.2) is 0 Å². The zero-order chi connectivity index (χ0) is 11.4. The third-order valence-electron chi connectivity index (χ3n) is 2.02. The molecule has 4 nitrogen and oxygen atoms in total. The maximum atomic E-state index is 11.4. The Kier molecular flexibility index (Phi) is 3.55. The van der Waals surface area contributed by atoms with Crippen molar-refractivity contribution in [1.29, 1.82) is 0 Å². The Labute approximate surface area is 89.4 Å². The lowest BCUT2D eigenvalue weighted by atomic mass is 10.2. The molecule has 15 heavy (non-hydrogen) atoms. The van der Waals surface area contributed by atoms with E-state index in [1.807, 2.05) is 13.8 Å². The number of carbonyl (C=O) groups excluding carboxylic acids is 1. The molecule has 0 aliphatic heterocycles. The molecule has 1 amide bonds. The number of ether oxygens (including phenoxy) is 1. The summed E-state index contributed by atoms with van der Waals surface area (Å²) in [7, 11) is 1.55. The first-order valence-electron chi connectivity index (χ1n) is 4.79. The Morgan fingerprint density at radius 3 is 2.60 bits per heavy atom. The van der Waals surface area contributed by atoms with E-state index in [9.17, 15) is 4.79 Å². The molecule has 0 radical (unpaired) electrons. The highest BCUT2D eigenvalue weighted by atomic mass is 16.5. The number of nitrogen functional groups attached to an aromatic ring is 1. The molecule has 0 heterocycles. The van der Waals surface area contributed by atoms with Crippen LogP contribution in [0.15, 0.2) is 18.2 Å². The van der Waals surface area contributed by atoms with Crippen LogP contribution in [0.4, 0.5) is 11.4 Å². The molecule has 3 N–H and O–H groups in total. The van der Waals surface area contributed by atoms with Crippen LogP contribution < -0.4 is 15.8 Å². The van der Waals surface area contributed by atoms with Gasteiger partial charge >= 0.3 is 0 Å². The van der Waals surface area contributed by atoms with Gasteiger partial charge in [-0.1, -0.05) is 13.8 Å². The van der Waals surface area contributed by atoms with E-state index in [2.05, 4.69) is 5.32 Å². The summed E-state index contributed by atoms with van der Waals surface area (Å²) in [6, 6.07) is 5.17. The van der Waals surface area contributed by atoms with Gasteiger partial charge in [0.15, 0.2) is 0 Å². The SMILES string of the molecule is COc1ccc(NC(=O)C(C)C)cc1N. The largest absolute Gasteiger partial charge is 0.495 e. The Morgan fingerprint density at radius 2 is 2.13 bits per heavy atom. The zero-order valence-electron chi connectivity index (χ0n) is 9.20. The highest BCUT2D eigenvalue weighted by Gasteiger charge is 2.08. The monoisotopic (exact) mass is 208 g/mol. The van der Waals surface area contributed by atoms with Crippen LogP contribution in [-0.2, 0) is 4.79 Å². The van der Waals surface area contributed by atoms with Gasteiger partial charge in [-0.3, -0.25) is 4.79 Å². The van der Waals surface area contributed by atoms with Crippen molar-refractivity contribution in [3.05, 3.63) is 18.2 Å². The minimum absolute atomic E-state index is 0.0282. The number of amides is 1. The Morgan fingerprint density at radius 1 is 1.47 bits per heavy atom. The van der Waals surface area contributed by atoms with Gasteiger partial charge in [0.2, 0.25) is 5.91 Å². The Balaban J connectivity index is 2.80. The van der Waals surface area contributed by atoms with Crippen LogP contribution in [-0.4, -0.2) is 13.0 Å². The minimum Gasteiger partial charge on any atom is -0.495 e. The number of hydrogen-bond acceptors (Lipinski definition) is 3. The van der Waals surface area contributed by atoms with Gasteiger partial charge in [0.25, 0.3) is 0 Å². The second kappa shape index (κ2) is 4.68. The number of nitrogens with two attached hydrogens (primary N) is 1. The van der Waals surface area contributed by atoms with Gasteiger partial charge < -0.3 is 15.8 Å². The molecule has 1 aromatic carbocycles. The molecule has 0 aliphatic carbocycles. The van der Waals surface area contributed by atoms with E-state index in [-0.39, 0.29) is 11.8 Å². The van der Waals surface area contributed by atoms with Crippen LogP contribution in [0.5, 0.6) is 5.75 Å². The van der Waals surface area contributed by atoms with Gasteiger partial charge in [-0.2, -0.15) is 0 Å². The summed E-state index contributed by atoms with van der Waals surface area (Å²) in [5, 5.41) is 2.76. The third kappa shape index (κ3) is 2.87. The topological polar surface area (TPSA) is 64.3 Å². The molecule has 4 heteroatoms. The van der Waals surface area contributed by atoms with Crippen molar-refractivity contribution >= 4 is 17.3 Å². The number of nitrogens with one attached hydrogen (secondary N) is 1. The van der Waals surface area contributed by atoms with Crippen molar-refractivity contribution < 1.29 is 9.53 Å². The van der Waals surface area contributed by atoms with Crippen LogP contribution in [0.25, 0.3) is 0 Å². The second-order valence-corrected chi connectivity index (χ2v) is 3.60. The van der Waals surface area contributed by atoms with Gasteiger partial charge in [-0.15, -0.1) is 0 Å². The van der Waals surface area contributed by atoms with E-state index in [1.165, 1.54) is 0 Å². The molecule has 0 bridgehead atoms. The zero-order valence-corrected chi connectivity index (χ0v) is 9.20. The number of rotatable bonds is 3. The lowest BCUT2D eigenvalue weighted by molar-refractivity contribution is -0.118. The molecule has 0 saturated carbocycles. The quantitative estimate of drug-likeness (QED) is 0.745. The van der Waals surface area contributed by atoms with Gasteiger partial charge in [0.1, 0.15) is 5.75 Å². The van der Waals surface area contributed by atoms with Crippen molar-refractivity contribution in [1.82, 2.24) is 0 Å². The van der Waals surface area contributed by atoms with Crippen molar-refractivity contribution in [3.63, 3.8) is 0 Å². The van der Waals surface area contributed by atoms with Crippen molar-refractivity contribution in [2.24, 2.45) is 5.92 Å². The summed E-state index contributed by atoms with van der Waals surface area (Å²) in [4.78, 5) is 11.4. The molecule has 0 fully saturated rings. The third-order valence-corrected chi connectivity index (χ3v) is 2.02. The smallest absolute Gasteiger partial charge is 0.226 e. The van der Waals surface area contributed by atoms with Crippen LogP contribution in [0, 0.1) is 5.92 Å². The first-order chi connectivity index (χ1) is 7.04. The fourth-order valence-electron chi connectivity index (χ4n) is 1.10. The average Bonchev–Trinajstić information content (AvgIpc) is 2.18. The molecule has 1 rings (SSSR count). The first kappa shape index (κ1) is 11.4. The van der Waals surface area contributed by atoms with E-state index < -0.39 is 0 Å². The summed E-state index contributed by atoms with van der Waals surface area (Å²) in [6.45, 7) is 3.67. The molecule has 1 aromatic rings. The summed E-state index contributed by atoms with van der Waals surface area (Å²) < 4.78 is 5.01. The van der Waals surface area contributed by atoms with E-state index in [4.69, 9.17) is 10.5 Å². The Bertz CT molecular complexity index is 362. The van der Waals surface area contributed by atoms with Gasteiger partial charge in [-0.05, 0) is 18.2 Å². The molecule has 0 aromatic heterocycles. The summed E-state index contributed by atoms with van der Waals surface area (Å²) >= 11 is 0. The standard InChI is InChI=1S/C11H16N2O2/c1-7(2)11(14)13-8-4-5-10(15-3)9(12)6-8/h4-7H,12H2,1-3H3,(H,13,14). The maximum Gasteiger partial charge on any atom is 0.226 e. The number of carbonyl (C=O) groups is 1. The van der Waals surface area contributed by atoms with Crippen LogP contribution >= 0.6 is 0 Å². The summed E-state index contributed by atoms with van der Waals surface area (Å²) in [5.41, 5.74) is 6.91. The fraction of sp³-hybridized carbons (Fsp3) is 0.364. The first-order valence-corrected chi connectivity index (χ1v) is 4.79. The predicted octanol–water partition coefficient (Wildman–Crippen LogP) is 1.87. The van der Waals surface area contributed by atoms with Gasteiger partial charge in [0.05, 0.1) is 12.8 Å². The summed E-state index contributed by atoms with van der Waals surface area (Å²) in [5.74, 6) is 0.533. The number of benzene rings is 1. The lowest BCUT2D eigenvalue weighted by Gasteiger charge is -2.10. The molecule has 0 unspecified atom stereocenters. The maximum absolute atomic E-state index is 11.4. The molecule has 82 valence electrons. The number of methoxy groups -OCH3 is 1. The van der Waals surface area contributed by atoms with E-state index in [1.54, 1.807) is 25.3 Å². The molecule has 0 saturated heterocycles. The van der Waals surface area contributed by atoms with Gasteiger partial charge in [0, 0.05) is 11.6 Å². The van der Waals surface area contributed by atoms with E-state index >= 15 is 0 Å². The average molecular weight is 208 g/mol. The normalized spacial score (nSPS) is 10.1. The van der Waals surface area contributed by atoms with Crippen LogP contribution in [0.3, 0.4) is 0 Å². The summed E-state index contributed by atoms with van der Waals surface area (Å²) in [6.07, 6.45) is 0. The Hall–Kier alpha value is -1.71. The molecule has 0 atom stereocenters. The van der Waals surface area contributed by atoms with Crippen molar-refractivity contribution in [3.8, 4) is 5.75 Å². The highest BCUT2D eigenvalue weighted by Crippen LogP contribution is 2.24. The molecular weight excluding hydrogens is 192 g/mol. The minimum atomic E-state index is -0.0478. The van der Waals surface area contributed by atoms with Crippen LogP contribution in [0.2, 0.25) is 0 Å². The van der Waals surface area contributed by atoms with Crippen LogP contribution in [0.1, 0.15) is 13.8 Å². The molecular formula is C11H16N2O2. The van der Waals surface area contributed by atoms with Crippen molar-refractivity contribution in [2.75, 3.05) is 18.2 Å². The predicted molar refractivity (Wildman–Crippen MR) is 60.9 cm³/mol. The molecule has 0 spiro atoms. The van der Waals surface area contributed by atoms with E-state index in [0.717, 1.165) is 0 Å². The second-order valence-electron chi connectivity index (χ2n) is 3.60. The number of hydrogen-bond donors (Lipinski definition) is 2. The van der Waals surface area contributed by atoms with E-state index in [0.29, 0.717) is 17.1 Å². The molecule has 0 aliphatic rings. The van der Waals surface area contributed by atoms with Crippen molar-refractivity contribution in [2.45, 2.75) is 13.8 Å².